The third-order valence-corrected chi connectivity index (χ3v) is 4.60. The Morgan fingerprint density at radius 2 is 2.24 bits per heavy atom. The minimum atomic E-state index is 0.0518. The van der Waals surface area contributed by atoms with Crippen LogP contribution in [0.25, 0.3) is 0 Å². The summed E-state index contributed by atoms with van der Waals surface area (Å²) in [5.74, 6) is 1.60. The van der Waals surface area contributed by atoms with E-state index in [1.54, 1.807) is 0 Å². The van der Waals surface area contributed by atoms with Crippen molar-refractivity contribution in [3.05, 3.63) is 18.0 Å². The lowest BCUT2D eigenvalue weighted by atomic mass is 9.70. The van der Waals surface area contributed by atoms with E-state index in [-0.39, 0.29) is 5.54 Å². The van der Waals surface area contributed by atoms with Crippen molar-refractivity contribution >= 4 is 0 Å². The first-order valence-electron chi connectivity index (χ1n) is 6.76. The van der Waals surface area contributed by atoms with Crippen LogP contribution in [0, 0.1) is 11.8 Å². The highest BCUT2D eigenvalue weighted by Crippen LogP contribution is 2.37. The molecule has 2 rings (SSSR count). The minimum Gasteiger partial charge on any atom is -0.325 e. The Bertz CT molecular complexity index is 371. The fourth-order valence-corrected chi connectivity index (χ4v) is 2.99. The predicted molar refractivity (Wildman–Crippen MR) is 70.6 cm³/mol. The molecule has 1 aromatic rings. The van der Waals surface area contributed by atoms with Crippen molar-refractivity contribution in [3.63, 3.8) is 0 Å². The van der Waals surface area contributed by atoms with Crippen LogP contribution in [0.3, 0.4) is 0 Å². The Balaban J connectivity index is 1.92. The summed E-state index contributed by atoms with van der Waals surface area (Å²) in [6, 6.07) is 2.10. The van der Waals surface area contributed by atoms with Gasteiger partial charge in [-0.05, 0) is 50.0 Å². The molecule has 0 spiro atoms. The summed E-state index contributed by atoms with van der Waals surface area (Å²) in [6.45, 7) is 4.70. The molecule has 96 valence electrons. The SMILES string of the molecule is CC1CCC(N)(CCc2ccnn2C)CC1C. The van der Waals surface area contributed by atoms with Crippen LogP contribution < -0.4 is 5.73 Å². The molecule has 0 radical (unpaired) electrons. The lowest BCUT2D eigenvalue weighted by molar-refractivity contribution is 0.167. The number of nitrogens with zero attached hydrogens (tertiary/aromatic N) is 2. The van der Waals surface area contributed by atoms with Gasteiger partial charge in [0, 0.05) is 24.5 Å². The molecular weight excluding hydrogens is 210 g/mol. The van der Waals surface area contributed by atoms with Crippen LogP contribution in [0.5, 0.6) is 0 Å². The molecule has 0 amide bonds. The Hall–Kier alpha value is -0.830. The van der Waals surface area contributed by atoms with Gasteiger partial charge in [-0.1, -0.05) is 13.8 Å². The molecule has 2 N–H and O–H groups in total. The van der Waals surface area contributed by atoms with Gasteiger partial charge in [-0.25, -0.2) is 0 Å². The van der Waals surface area contributed by atoms with Gasteiger partial charge in [0.25, 0.3) is 0 Å². The lowest BCUT2D eigenvalue weighted by Crippen LogP contribution is -2.46. The average Bonchev–Trinajstić information content (AvgIpc) is 2.68. The number of aryl methyl sites for hydroxylation is 2. The third kappa shape index (κ3) is 2.89. The first kappa shape index (κ1) is 12.6. The second kappa shape index (κ2) is 4.81. The van der Waals surface area contributed by atoms with Gasteiger partial charge in [-0.15, -0.1) is 0 Å². The molecule has 0 aromatic carbocycles. The van der Waals surface area contributed by atoms with E-state index in [1.165, 1.54) is 25.0 Å². The Kier molecular flexibility index (Phi) is 3.57. The summed E-state index contributed by atoms with van der Waals surface area (Å²) in [4.78, 5) is 0. The van der Waals surface area contributed by atoms with Crippen LogP contribution in [-0.4, -0.2) is 15.3 Å². The molecular formula is C14H25N3. The fraction of sp³-hybridized carbons (Fsp3) is 0.786. The molecule has 1 aromatic heterocycles. The number of hydrogen-bond acceptors (Lipinski definition) is 2. The van der Waals surface area contributed by atoms with Crippen molar-refractivity contribution in [1.29, 1.82) is 0 Å². The van der Waals surface area contributed by atoms with Crippen molar-refractivity contribution in [3.8, 4) is 0 Å². The molecule has 17 heavy (non-hydrogen) atoms. The molecule has 3 unspecified atom stereocenters. The van der Waals surface area contributed by atoms with Crippen LogP contribution in [0.2, 0.25) is 0 Å². The first-order valence-corrected chi connectivity index (χ1v) is 6.76. The molecule has 1 fully saturated rings. The largest absolute Gasteiger partial charge is 0.325 e. The fourth-order valence-electron chi connectivity index (χ4n) is 2.99. The minimum absolute atomic E-state index is 0.0518. The zero-order valence-corrected chi connectivity index (χ0v) is 11.3. The summed E-state index contributed by atoms with van der Waals surface area (Å²) in [5, 5.41) is 4.21. The maximum atomic E-state index is 6.55. The van der Waals surface area contributed by atoms with Crippen LogP contribution in [-0.2, 0) is 13.5 Å². The molecule has 1 saturated carbocycles. The van der Waals surface area contributed by atoms with Gasteiger partial charge in [-0.2, -0.15) is 5.10 Å². The maximum Gasteiger partial charge on any atom is 0.0492 e. The van der Waals surface area contributed by atoms with Crippen LogP contribution in [0.4, 0.5) is 0 Å². The molecule has 0 aliphatic heterocycles. The van der Waals surface area contributed by atoms with Gasteiger partial charge in [-0.3, -0.25) is 4.68 Å². The Labute approximate surface area is 104 Å². The van der Waals surface area contributed by atoms with Gasteiger partial charge >= 0.3 is 0 Å². The van der Waals surface area contributed by atoms with Gasteiger partial charge in [0.15, 0.2) is 0 Å². The monoisotopic (exact) mass is 235 g/mol. The summed E-state index contributed by atoms with van der Waals surface area (Å²) in [5.41, 5.74) is 7.89. The summed E-state index contributed by atoms with van der Waals surface area (Å²) in [7, 11) is 2.00. The van der Waals surface area contributed by atoms with E-state index in [0.29, 0.717) is 0 Å². The van der Waals surface area contributed by atoms with Gasteiger partial charge in [0.2, 0.25) is 0 Å². The van der Waals surface area contributed by atoms with E-state index in [0.717, 1.165) is 24.7 Å². The molecule has 1 aliphatic rings. The zero-order valence-electron chi connectivity index (χ0n) is 11.3. The molecule has 1 heterocycles. The lowest BCUT2D eigenvalue weighted by Gasteiger charge is -2.40. The van der Waals surface area contributed by atoms with E-state index in [4.69, 9.17) is 5.73 Å². The van der Waals surface area contributed by atoms with Gasteiger partial charge in [0.05, 0.1) is 0 Å². The molecule has 3 nitrogen and oxygen atoms in total. The summed E-state index contributed by atoms with van der Waals surface area (Å²) < 4.78 is 1.96. The van der Waals surface area contributed by atoms with E-state index < -0.39 is 0 Å². The second-order valence-corrected chi connectivity index (χ2v) is 6.01. The number of hydrogen-bond donors (Lipinski definition) is 1. The highest BCUT2D eigenvalue weighted by Gasteiger charge is 2.34. The first-order chi connectivity index (χ1) is 8.00. The van der Waals surface area contributed by atoms with Crippen molar-refractivity contribution in [2.24, 2.45) is 24.6 Å². The number of nitrogens with two attached hydrogens (primary N) is 1. The van der Waals surface area contributed by atoms with E-state index in [2.05, 4.69) is 25.0 Å². The predicted octanol–water partition coefficient (Wildman–Crippen LogP) is 2.51. The molecule has 0 bridgehead atoms. The molecule has 1 aliphatic carbocycles. The normalized spacial score (nSPS) is 33.9. The standard InChI is InChI=1S/C14H25N3/c1-11-4-7-14(15,10-12(11)2)8-5-13-6-9-16-17(13)3/h6,9,11-12H,4-5,7-8,10,15H2,1-3H3. The van der Waals surface area contributed by atoms with Crippen molar-refractivity contribution in [2.75, 3.05) is 0 Å². The second-order valence-electron chi connectivity index (χ2n) is 6.01. The van der Waals surface area contributed by atoms with Crippen LogP contribution >= 0.6 is 0 Å². The Morgan fingerprint density at radius 1 is 1.47 bits per heavy atom. The van der Waals surface area contributed by atoms with E-state index >= 15 is 0 Å². The van der Waals surface area contributed by atoms with Crippen LogP contribution in [0.15, 0.2) is 12.3 Å². The highest BCUT2D eigenvalue weighted by molar-refractivity contribution is 5.03. The van der Waals surface area contributed by atoms with Gasteiger partial charge in [0.1, 0.15) is 0 Å². The topological polar surface area (TPSA) is 43.8 Å². The quantitative estimate of drug-likeness (QED) is 0.875. The zero-order chi connectivity index (χ0) is 12.5. The number of aromatic nitrogens is 2. The maximum absolute atomic E-state index is 6.55. The highest BCUT2D eigenvalue weighted by atomic mass is 15.2. The molecule has 3 atom stereocenters. The van der Waals surface area contributed by atoms with Crippen molar-refractivity contribution in [1.82, 2.24) is 9.78 Å². The Morgan fingerprint density at radius 3 is 2.82 bits per heavy atom. The smallest absolute Gasteiger partial charge is 0.0492 e. The molecule has 3 heteroatoms. The summed E-state index contributed by atoms with van der Waals surface area (Å²) >= 11 is 0. The van der Waals surface area contributed by atoms with Crippen LogP contribution in [0.1, 0.15) is 45.2 Å². The van der Waals surface area contributed by atoms with Crippen molar-refractivity contribution < 1.29 is 0 Å². The van der Waals surface area contributed by atoms with Gasteiger partial charge < -0.3 is 5.73 Å². The average molecular weight is 235 g/mol. The van der Waals surface area contributed by atoms with E-state index in [9.17, 15) is 0 Å². The third-order valence-electron chi connectivity index (χ3n) is 4.60. The molecule has 0 saturated heterocycles. The van der Waals surface area contributed by atoms with Crippen molar-refractivity contribution in [2.45, 2.75) is 51.5 Å². The van der Waals surface area contributed by atoms with E-state index in [1.807, 2.05) is 17.9 Å². The number of rotatable bonds is 3. The summed E-state index contributed by atoms with van der Waals surface area (Å²) in [6.07, 6.45) is 7.63.